The van der Waals surface area contributed by atoms with Gasteiger partial charge >= 0.3 is 5.97 Å². The lowest BCUT2D eigenvalue weighted by Gasteiger charge is -2.12. The summed E-state index contributed by atoms with van der Waals surface area (Å²) >= 11 is 3.11. The van der Waals surface area contributed by atoms with Gasteiger partial charge in [0.05, 0.1) is 0 Å². The molecule has 0 aliphatic heterocycles. The van der Waals surface area contributed by atoms with Crippen LogP contribution >= 0.6 is 15.9 Å². The lowest BCUT2D eigenvalue weighted by atomic mass is 10.1. The minimum atomic E-state index is -0.992. The highest BCUT2D eigenvalue weighted by Gasteiger charge is 2.19. The molecule has 3 nitrogen and oxygen atoms in total. The fraction of sp³-hybridized carbons (Fsp3) is 0.857. The summed E-state index contributed by atoms with van der Waals surface area (Å²) in [6.45, 7) is 3.84. The molecule has 0 spiro atoms. The Morgan fingerprint density at radius 3 is 2.55 bits per heavy atom. The van der Waals surface area contributed by atoms with E-state index in [0.29, 0.717) is 11.9 Å². The Balaban J connectivity index is 3.64. The molecule has 1 atom stereocenters. The number of halogens is 1. The van der Waals surface area contributed by atoms with Gasteiger partial charge in [0, 0.05) is 5.33 Å². The summed E-state index contributed by atoms with van der Waals surface area (Å²) in [6, 6.07) is 0. The SMILES string of the molecule is CC(C)[C@@H](O)C(=O)OCCBr. The zero-order chi connectivity index (χ0) is 8.85. The fourth-order valence-corrected chi connectivity index (χ4v) is 0.659. The van der Waals surface area contributed by atoms with E-state index in [2.05, 4.69) is 20.7 Å². The number of carbonyl (C=O) groups excluding carboxylic acids is 1. The maximum Gasteiger partial charge on any atom is 0.335 e. The van der Waals surface area contributed by atoms with E-state index in [-0.39, 0.29) is 5.92 Å². The molecular formula is C7H13BrO3. The Labute approximate surface area is 74.9 Å². The van der Waals surface area contributed by atoms with Crippen LogP contribution in [-0.2, 0) is 9.53 Å². The smallest absolute Gasteiger partial charge is 0.335 e. The Bertz CT molecular complexity index is 125. The van der Waals surface area contributed by atoms with Gasteiger partial charge < -0.3 is 9.84 Å². The Hall–Kier alpha value is -0.0900. The van der Waals surface area contributed by atoms with Crippen molar-refractivity contribution >= 4 is 21.9 Å². The van der Waals surface area contributed by atoms with Crippen molar-refractivity contribution in [3.05, 3.63) is 0 Å². The second-order valence-electron chi connectivity index (χ2n) is 2.55. The number of alkyl halides is 1. The predicted octanol–water partition coefficient (Wildman–Crippen LogP) is 0.941. The van der Waals surface area contributed by atoms with Gasteiger partial charge in [-0.2, -0.15) is 0 Å². The van der Waals surface area contributed by atoms with Crippen LogP contribution in [0, 0.1) is 5.92 Å². The van der Waals surface area contributed by atoms with Crippen LogP contribution in [0.15, 0.2) is 0 Å². The Kier molecular flexibility index (Phi) is 5.50. The number of ether oxygens (including phenoxy) is 1. The summed E-state index contributed by atoms with van der Waals surface area (Å²) in [7, 11) is 0. The highest BCUT2D eigenvalue weighted by atomic mass is 79.9. The highest BCUT2D eigenvalue weighted by molar-refractivity contribution is 9.09. The van der Waals surface area contributed by atoms with Crippen molar-refractivity contribution in [2.45, 2.75) is 20.0 Å². The van der Waals surface area contributed by atoms with Gasteiger partial charge in [-0.05, 0) is 5.92 Å². The summed E-state index contributed by atoms with van der Waals surface area (Å²) in [5.74, 6) is -0.628. The molecule has 4 heteroatoms. The summed E-state index contributed by atoms with van der Waals surface area (Å²) < 4.78 is 4.68. The second kappa shape index (κ2) is 5.55. The third kappa shape index (κ3) is 4.37. The van der Waals surface area contributed by atoms with E-state index in [1.165, 1.54) is 0 Å². The first-order chi connectivity index (χ1) is 5.09. The lowest BCUT2D eigenvalue weighted by molar-refractivity contribution is -0.155. The molecule has 0 radical (unpaired) electrons. The zero-order valence-electron chi connectivity index (χ0n) is 6.71. The quantitative estimate of drug-likeness (QED) is 0.572. The Morgan fingerprint density at radius 2 is 2.18 bits per heavy atom. The summed E-state index contributed by atoms with van der Waals surface area (Å²) in [5.41, 5.74) is 0. The van der Waals surface area contributed by atoms with Crippen LogP contribution in [0.1, 0.15) is 13.8 Å². The minimum absolute atomic E-state index is 0.0853. The standard InChI is InChI=1S/C7H13BrO3/c1-5(2)6(9)7(10)11-4-3-8/h5-6,9H,3-4H2,1-2H3/t6-/m1/s1. The molecule has 0 aromatic rings. The molecule has 0 saturated heterocycles. The molecule has 0 bridgehead atoms. The van der Waals surface area contributed by atoms with Crippen LogP contribution in [0.25, 0.3) is 0 Å². The highest BCUT2D eigenvalue weighted by Crippen LogP contribution is 2.02. The summed E-state index contributed by atoms with van der Waals surface area (Å²) in [5, 5.41) is 9.73. The number of rotatable bonds is 4. The third-order valence-electron chi connectivity index (χ3n) is 1.19. The third-order valence-corrected chi connectivity index (χ3v) is 1.52. The van der Waals surface area contributed by atoms with Crippen LogP contribution in [0.3, 0.4) is 0 Å². The van der Waals surface area contributed by atoms with E-state index in [9.17, 15) is 4.79 Å². The number of hydrogen-bond donors (Lipinski definition) is 1. The lowest BCUT2D eigenvalue weighted by Crippen LogP contribution is -2.28. The van der Waals surface area contributed by atoms with E-state index < -0.39 is 12.1 Å². The van der Waals surface area contributed by atoms with Crippen LogP contribution in [0.4, 0.5) is 0 Å². The van der Waals surface area contributed by atoms with E-state index in [1.54, 1.807) is 13.8 Å². The molecule has 0 aromatic heterocycles. The van der Waals surface area contributed by atoms with Gasteiger partial charge in [-0.1, -0.05) is 29.8 Å². The van der Waals surface area contributed by atoms with Crippen LogP contribution in [0.2, 0.25) is 0 Å². The van der Waals surface area contributed by atoms with Gasteiger partial charge in [0.25, 0.3) is 0 Å². The van der Waals surface area contributed by atoms with E-state index in [0.717, 1.165) is 0 Å². The van der Waals surface area contributed by atoms with E-state index in [4.69, 9.17) is 5.11 Å². The average Bonchev–Trinajstić information content (AvgIpc) is 1.98. The largest absolute Gasteiger partial charge is 0.463 e. The van der Waals surface area contributed by atoms with Crippen LogP contribution in [0.5, 0.6) is 0 Å². The number of aliphatic hydroxyl groups excluding tert-OH is 1. The van der Waals surface area contributed by atoms with Crippen molar-refractivity contribution in [1.82, 2.24) is 0 Å². The van der Waals surface area contributed by atoms with Crippen molar-refractivity contribution in [2.75, 3.05) is 11.9 Å². The molecule has 1 N–H and O–H groups in total. The van der Waals surface area contributed by atoms with E-state index >= 15 is 0 Å². The summed E-state index contributed by atoms with van der Waals surface area (Å²) in [6.07, 6.45) is -0.992. The average molecular weight is 225 g/mol. The minimum Gasteiger partial charge on any atom is -0.463 e. The fourth-order valence-electron chi connectivity index (χ4n) is 0.497. The van der Waals surface area contributed by atoms with Gasteiger partial charge in [0.2, 0.25) is 0 Å². The van der Waals surface area contributed by atoms with Crippen molar-refractivity contribution in [3.63, 3.8) is 0 Å². The first kappa shape index (κ1) is 10.9. The molecule has 0 fully saturated rings. The molecule has 0 amide bonds. The van der Waals surface area contributed by atoms with Crippen molar-refractivity contribution in [3.8, 4) is 0 Å². The molecule has 0 aliphatic carbocycles. The Morgan fingerprint density at radius 1 is 1.64 bits per heavy atom. The first-order valence-corrected chi connectivity index (χ1v) is 4.62. The molecule has 11 heavy (non-hydrogen) atoms. The van der Waals surface area contributed by atoms with Crippen LogP contribution < -0.4 is 0 Å². The normalized spacial score (nSPS) is 13.2. The molecule has 0 aromatic carbocycles. The molecule has 0 heterocycles. The summed E-state index contributed by atoms with van der Waals surface area (Å²) in [4.78, 5) is 10.9. The maximum absolute atomic E-state index is 10.9. The topological polar surface area (TPSA) is 46.5 Å². The molecule has 0 unspecified atom stereocenters. The van der Waals surface area contributed by atoms with Gasteiger partial charge in [0.15, 0.2) is 6.10 Å². The molecule has 0 saturated carbocycles. The monoisotopic (exact) mass is 224 g/mol. The predicted molar refractivity (Wildman–Crippen MR) is 45.6 cm³/mol. The van der Waals surface area contributed by atoms with E-state index in [1.807, 2.05) is 0 Å². The van der Waals surface area contributed by atoms with Gasteiger partial charge in [-0.25, -0.2) is 4.79 Å². The van der Waals surface area contributed by atoms with Crippen LogP contribution in [-0.4, -0.2) is 29.1 Å². The van der Waals surface area contributed by atoms with Gasteiger partial charge in [0.1, 0.15) is 6.61 Å². The first-order valence-electron chi connectivity index (χ1n) is 3.50. The number of esters is 1. The second-order valence-corrected chi connectivity index (χ2v) is 3.34. The van der Waals surface area contributed by atoms with Gasteiger partial charge in [-0.15, -0.1) is 0 Å². The molecule has 0 rings (SSSR count). The van der Waals surface area contributed by atoms with Crippen molar-refractivity contribution in [1.29, 1.82) is 0 Å². The zero-order valence-corrected chi connectivity index (χ0v) is 8.30. The number of hydrogen-bond acceptors (Lipinski definition) is 3. The molecule has 0 aliphatic rings. The molecular weight excluding hydrogens is 212 g/mol. The maximum atomic E-state index is 10.9. The van der Waals surface area contributed by atoms with Crippen molar-refractivity contribution in [2.24, 2.45) is 5.92 Å². The molecule has 66 valence electrons. The number of aliphatic hydroxyl groups is 1. The van der Waals surface area contributed by atoms with Crippen molar-refractivity contribution < 1.29 is 14.6 Å². The number of carbonyl (C=O) groups is 1. The van der Waals surface area contributed by atoms with Gasteiger partial charge in [-0.3, -0.25) is 0 Å².